The molecule has 1 aliphatic rings. The van der Waals surface area contributed by atoms with Gasteiger partial charge in [-0.1, -0.05) is 36.0 Å². The van der Waals surface area contributed by atoms with Gasteiger partial charge in [0.05, 0.1) is 16.9 Å². The van der Waals surface area contributed by atoms with Crippen molar-refractivity contribution in [1.29, 1.82) is 5.26 Å². The molecule has 1 unspecified atom stereocenters. The number of aromatic nitrogens is 2. The molecule has 146 valence electrons. The number of nitrogens with zero attached hydrogens (tertiary/aromatic N) is 2. The van der Waals surface area contributed by atoms with Crippen LogP contribution >= 0.6 is 23.1 Å². The Morgan fingerprint density at radius 2 is 2.21 bits per heavy atom. The van der Waals surface area contributed by atoms with Crippen molar-refractivity contribution in [2.45, 2.75) is 30.2 Å². The number of nitrogens with one attached hydrogen (secondary N) is 2. The number of H-pyrrole nitrogens is 1. The van der Waals surface area contributed by atoms with E-state index in [0.717, 1.165) is 46.7 Å². The lowest BCUT2D eigenvalue weighted by Gasteiger charge is -2.15. The number of aromatic amines is 1. The number of amides is 1. The normalized spacial score (nSPS) is 13.1. The summed E-state index contributed by atoms with van der Waals surface area (Å²) in [5.41, 5.74) is 3.34. The van der Waals surface area contributed by atoms with Crippen molar-refractivity contribution >= 4 is 34.0 Å². The maximum atomic E-state index is 12.7. The number of carbonyl (C=O) groups is 1. The van der Waals surface area contributed by atoms with Crippen molar-refractivity contribution < 1.29 is 9.90 Å². The van der Waals surface area contributed by atoms with Crippen LogP contribution < -0.4 is 10.9 Å². The molecule has 1 aromatic carbocycles. The molecule has 2 heterocycles. The molecule has 0 spiro atoms. The summed E-state index contributed by atoms with van der Waals surface area (Å²) in [6.07, 6.45) is 1.63. The van der Waals surface area contributed by atoms with E-state index < -0.39 is 16.7 Å². The minimum atomic E-state index is -0.599. The predicted octanol–water partition coefficient (Wildman–Crippen LogP) is 3.29. The first-order valence-electron chi connectivity index (χ1n) is 8.88. The lowest BCUT2D eigenvalue weighted by atomic mass is 9.90. The first-order chi connectivity index (χ1) is 14.0. The van der Waals surface area contributed by atoms with Crippen LogP contribution in [0.4, 0.5) is 5.00 Å². The largest absolute Gasteiger partial charge is 0.493 e. The number of anilines is 1. The van der Waals surface area contributed by atoms with Crippen LogP contribution in [0.1, 0.15) is 23.6 Å². The average Bonchev–Trinajstić information content (AvgIpc) is 3.04. The van der Waals surface area contributed by atoms with E-state index >= 15 is 0 Å². The lowest BCUT2D eigenvalue weighted by Crippen LogP contribution is -2.23. The Morgan fingerprint density at radius 3 is 2.97 bits per heavy atom. The Bertz CT molecular complexity index is 1210. The van der Waals surface area contributed by atoms with Crippen molar-refractivity contribution in [3.63, 3.8) is 0 Å². The van der Waals surface area contributed by atoms with Crippen LogP contribution in [-0.2, 0) is 17.6 Å². The number of rotatable bonds is 4. The van der Waals surface area contributed by atoms with E-state index in [0.29, 0.717) is 10.6 Å². The number of nitriles is 1. The third-order valence-electron chi connectivity index (χ3n) is 4.63. The molecule has 9 heteroatoms. The third kappa shape index (κ3) is 3.77. The predicted molar refractivity (Wildman–Crippen MR) is 112 cm³/mol. The molecular weight excluding hydrogens is 408 g/mol. The molecule has 0 aliphatic heterocycles. The standard InChI is InChI=1S/C20H16N4O3S2/c1-10(28-20-22-15(25)8-16(26)23-20)18(27)24-19-14(9-21)13-7-6-11-4-2-3-5-12(11)17(13)29-19/h2-5,8,10H,6-7H2,1H3,(H,24,27)(H2,22,23,25,26). The number of thioether (sulfide) groups is 1. The van der Waals surface area contributed by atoms with E-state index in [1.165, 1.54) is 16.9 Å². The van der Waals surface area contributed by atoms with Crippen molar-refractivity contribution in [2.75, 3.05) is 5.32 Å². The Balaban J connectivity index is 1.58. The molecule has 1 atom stereocenters. The molecule has 2 aromatic heterocycles. The van der Waals surface area contributed by atoms with Gasteiger partial charge < -0.3 is 15.4 Å². The fraction of sp³-hybridized carbons (Fsp3) is 0.200. The molecular formula is C20H16N4O3S2. The zero-order valence-electron chi connectivity index (χ0n) is 15.4. The van der Waals surface area contributed by atoms with Gasteiger partial charge in [0.1, 0.15) is 11.1 Å². The first-order valence-corrected chi connectivity index (χ1v) is 10.6. The second-order valence-corrected chi connectivity index (χ2v) is 8.89. The highest BCUT2D eigenvalue weighted by atomic mass is 32.2. The summed E-state index contributed by atoms with van der Waals surface area (Å²) in [5, 5.41) is 22.1. The van der Waals surface area contributed by atoms with Crippen LogP contribution in [0.25, 0.3) is 10.4 Å². The number of fused-ring (bicyclic) bond motifs is 3. The monoisotopic (exact) mass is 424 g/mol. The summed E-state index contributed by atoms with van der Waals surface area (Å²) in [6, 6.07) is 11.3. The molecule has 1 aliphatic carbocycles. The van der Waals surface area contributed by atoms with Gasteiger partial charge in [-0.05, 0) is 36.5 Å². The second kappa shape index (κ2) is 7.73. The SMILES string of the molecule is CC(Sc1nc(O)cc(=O)[nH]1)C(=O)Nc1sc2c(c1C#N)CCc1ccccc1-2. The molecule has 1 amide bonds. The highest BCUT2D eigenvalue weighted by Crippen LogP contribution is 2.44. The number of hydrogen-bond donors (Lipinski definition) is 3. The van der Waals surface area contributed by atoms with Gasteiger partial charge in [0.25, 0.3) is 5.56 Å². The van der Waals surface area contributed by atoms with Gasteiger partial charge in [0.15, 0.2) is 5.16 Å². The number of thiophene rings is 1. The topological polar surface area (TPSA) is 119 Å². The maximum Gasteiger partial charge on any atom is 0.255 e. The molecule has 0 bridgehead atoms. The van der Waals surface area contributed by atoms with Crippen LogP contribution in [0.3, 0.4) is 0 Å². The number of benzene rings is 1. The minimum absolute atomic E-state index is 0.151. The average molecular weight is 425 g/mol. The summed E-state index contributed by atoms with van der Waals surface area (Å²) in [5.74, 6) is -0.718. The van der Waals surface area contributed by atoms with Crippen LogP contribution in [-0.4, -0.2) is 26.2 Å². The second-order valence-electron chi connectivity index (χ2n) is 6.54. The summed E-state index contributed by atoms with van der Waals surface area (Å²) in [6.45, 7) is 1.67. The zero-order valence-corrected chi connectivity index (χ0v) is 17.0. The van der Waals surface area contributed by atoms with Crippen molar-refractivity contribution in [3.8, 4) is 22.4 Å². The highest BCUT2D eigenvalue weighted by Gasteiger charge is 2.26. The Hall–Kier alpha value is -3.09. The Kier molecular flexibility index (Phi) is 5.13. The molecule has 3 aromatic rings. The lowest BCUT2D eigenvalue weighted by molar-refractivity contribution is -0.115. The zero-order chi connectivity index (χ0) is 20.5. The van der Waals surface area contributed by atoms with Gasteiger partial charge in [-0.15, -0.1) is 11.3 Å². The van der Waals surface area contributed by atoms with Crippen LogP contribution in [0.15, 0.2) is 40.3 Å². The van der Waals surface area contributed by atoms with E-state index in [4.69, 9.17) is 0 Å². The summed E-state index contributed by atoms with van der Waals surface area (Å²) < 4.78 is 0. The summed E-state index contributed by atoms with van der Waals surface area (Å²) in [4.78, 5) is 31.5. The number of aryl methyl sites for hydroxylation is 1. The molecule has 7 nitrogen and oxygen atoms in total. The molecule has 0 saturated carbocycles. The van der Waals surface area contributed by atoms with Gasteiger partial charge in [-0.3, -0.25) is 9.59 Å². The molecule has 0 saturated heterocycles. The van der Waals surface area contributed by atoms with E-state index in [2.05, 4.69) is 27.4 Å². The van der Waals surface area contributed by atoms with Crippen molar-refractivity contribution in [2.24, 2.45) is 0 Å². The molecule has 0 fully saturated rings. The van der Waals surface area contributed by atoms with Gasteiger partial charge >= 0.3 is 0 Å². The highest BCUT2D eigenvalue weighted by molar-refractivity contribution is 8.00. The smallest absolute Gasteiger partial charge is 0.255 e. The van der Waals surface area contributed by atoms with Crippen molar-refractivity contribution in [1.82, 2.24) is 9.97 Å². The fourth-order valence-corrected chi connectivity index (χ4v) is 5.33. The number of aromatic hydroxyl groups is 1. The van der Waals surface area contributed by atoms with E-state index in [-0.39, 0.29) is 11.1 Å². The fourth-order valence-electron chi connectivity index (χ4n) is 3.26. The van der Waals surface area contributed by atoms with E-state index in [9.17, 15) is 20.0 Å². The van der Waals surface area contributed by atoms with Crippen LogP contribution in [0.2, 0.25) is 0 Å². The third-order valence-corrected chi connectivity index (χ3v) is 6.79. The Morgan fingerprint density at radius 1 is 1.41 bits per heavy atom. The van der Waals surface area contributed by atoms with E-state index in [1.807, 2.05) is 18.2 Å². The molecule has 0 radical (unpaired) electrons. The minimum Gasteiger partial charge on any atom is -0.493 e. The number of hydrogen-bond acceptors (Lipinski definition) is 7. The first kappa shape index (κ1) is 19.2. The van der Waals surface area contributed by atoms with Gasteiger partial charge in [-0.25, -0.2) is 0 Å². The van der Waals surface area contributed by atoms with E-state index in [1.54, 1.807) is 6.92 Å². The van der Waals surface area contributed by atoms with Gasteiger partial charge in [0, 0.05) is 4.88 Å². The van der Waals surface area contributed by atoms with Crippen LogP contribution in [0.5, 0.6) is 5.88 Å². The maximum absolute atomic E-state index is 12.7. The Labute approximate surface area is 174 Å². The van der Waals surface area contributed by atoms with Gasteiger partial charge in [-0.2, -0.15) is 10.2 Å². The number of carbonyl (C=O) groups excluding carboxylic acids is 1. The quantitative estimate of drug-likeness (QED) is 0.437. The van der Waals surface area contributed by atoms with Crippen LogP contribution in [0, 0.1) is 11.3 Å². The van der Waals surface area contributed by atoms with Crippen molar-refractivity contribution in [3.05, 3.63) is 57.4 Å². The summed E-state index contributed by atoms with van der Waals surface area (Å²) >= 11 is 2.43. The summed E-state index contributed by atoms with van der Waals surface area (Å²) in [7, 11) is 0. The van der Waals surface area contributed by atoms with Gasteiger partial charge in [0.2, 0.25) is 11.8 Å². The molecule has 3 N–H and O–H groups in total. The molecule has 4 rings (SSSR count). The molecule has 29 heavy (non-hydrogen) atoms.